The minimum absolute atomic E-state index is 0.0303. The number of hydrogen-bond acceptors (Lipinski definition) is 2. The normalized spacial score (nSPS) is 21.4. The van der Waals surface area contributed by atoms with Crippen molar-refractivity contribution in [3.8, 4) is 0 Å². The number of hydrogen-bond donors (Lipinski definition) is 1. The zero-order valence-electron chi connectivity index (χ0n) is 12.7. The Balaban J connectivity index is 1.63. The van der Waals surface area contributed by atoms with Crippen LogP contribution in [-0.4, -0.2) is 39.5 Å². The molecule has 0 radical (unpaired) electrons. The number of amides is 1. The molecule has 3 rings (SSSR count). The number of aromatic nitrogens is 1. The van der Waals surface area contributed by atoms with E-state index in [-0.39, 0.29) is 5.91 Å². The summed E-state index contributed by atoms with van der Waals surface area (Å²) < 4.78 is 2.07. The Kier molecular flexibility index (Phi) is 3.64. The van der Waals surface area contributed by atoms with Crippen LogP contribution in [0.1, 0.15) is 19.8 Å². The van der Waals surface area contributed by atoms with E-state index in [1.54, 1.807) is 11.8 Å². The maximum absolute atomic E-state index is 12.3. The van der Waals surface area contributed by atoms with Gasteiger partial charge in [0.25, 0.3) is 0 Å². The quantitative estimate of drug-likeness (QED) is 0.943. The van der Waals surface area contributed by atoms with Crippen LogP contribution in [0.3, 0.4) is 0 Å². The first kappa shape index (κ1) is 14.6. The number of rotatable bonds is 4. The summed E-state index contributed by atoms with van der Waals surface area (Å²) in [6.45, 7) is 3.18. The molecule has 2 aromatic rings. The van der Waals surface area contributed by atoms with Crippen molar-refractivity contribution in [2.24, 2.45) is 5.41 Å². The molecule has 5 heteroatoms. The van der Waals surface area contributed by atoms with E-state index in [0.717, 1.165) is 10.9 Å². The topological polar surface area (TPSA) is 62.5 Å². The molecule has 1 aliphatic heterocycles. The summed E-state index contributed by atoms with van der Waals surface area (Å²) in [6.07, 6.45) is 2.91. The van der Waals surface area contributed by atoms with Gasteiger partial charge in [-0.15, -0.1) is 0 Å². The molecule has 5 nitrogen and oxygen atoms in total. The highest BCUT2D eigenvalue weighted by molar-refractivity contribution is 5.82. The number of likely N-dealkylation sites (tertiary alicyclic amines) is 1. The highest BCUT2D eigenvalue weighted by Gasteiger charge is 2.41. The lowest BCUT2D eigenvalue weighted by molar-refractivity contribution is -0.147. The van der Waals surface area contributed by atoms with Crippen LogP contribution in [-0.2, 0) is 16.1 Å². The first-order valence-corrected chi connectivity index (χ1v) is 7.55. The highest BCUT2D eigenvalue weighted by atomic mass is 16.4. The molecule has 22 heavy (non-hydrogen) atoms. The van der Waals surface area contributed by atoms with Gasteiger partial charge in [0.15, 0.2) is 0 Å². The van der Waals surface area contributed by atoms with E-state index in [9.17, 15) is 14.7 Å². The van der Waals surface area contributed by atoms with Gasteiger partial charge in [-0.1, -0.05) is 18.2 Å². The van der Waals surface area contributed by atoms with Gasteiger partial charge in [-0.2, -0.15) is 0 Å². The number of para-hydroxylation sites is 1. The van der Waals surface area contributed by atoms with Crippen molar-refractivity contribution in [1.29, 1.82) is 0 Å². The highest BCUT2D eigenvalue weighted by Crippen LogP contribution is 2.30. The molecule has 1 unspecified atom stereocenters. The van der Waals surface area contributed by atoms with Gasteiger partial charge in [-0.3, -0.25) is 9.59 Å². The Morgan fingerprint density at radius 1 is 1.27 bits per heavy atom. The average Bonchev–Trinajstić information content (AvgIpc) is 3.10. The molecule has 0 bridgehead atoms. The minimum atomic E-state index is -0.820. The Labute approximate surface area is 129 Å². The summed E-state index contributed by atoms with van der Waals surface area (Å²) in [6, 6.07) is 10.1. The number of carboxylic acids is 1. The second-order valence-corrected chi connectivity index (χ2v) is 6.25. The maximum atomic E-state index is 12.3. The molecular formula is C17H20N2O3. The number of benzene rings is 1. The van der Waals surface area contributed by atoms with Crippen LogP contribution in [0.25, 0.3) is 10.9 Å². The molecule has 1 aromatic carbocycles. The molecule has 1 amide bonds. The number of carbonyl (C=O) groups excluding carboxylic acids is 1. The van der Waals surface area contributed by atoms with E-state index in [4.69, 9.17) is 0 Å². The van der Waals surface area contributed by atoms with Gasteiger partial charge < -0.3 is 14.6 Å². The van der Waals surface area contributed by atoms with Crippen LogP contribution >= 0.6 is 0 Å². The van der Waals surface area contributed by atoms with Gasteiger partial charge in [0.1, 0.15) is 0 Å². The summed E-state index contributed by atoms with van der Waals surface area (Å²) in [4.78, 5) is 25.2. The largest absolute Gasteiger partial charge is 0.481 e. The van der Waals surface area contributed by atoms with Gasteiger partial charge in [0, 0.05) is 37.8 Å². The summed E-state index contributed by atoms with van der Waals surface area (Å²) in [5.74, 6) is -0.790. The van der Waals surface area contributed by atoms with E-state index in [1.165, 1.54) is 0 Å². The molecular weight excluding hydrogens is 280 g/mol. The lowest BCUT2D eigenvalue weighted by Gasteiger charge is -2.20. The molecule has 1 aliphatic rings. The van der Waals surface area contributed by atoms with Crippen molar-refractivity contribution >= 4 is 22.8 Å². The molecule has 1 aromatic heterocycles. The lowest BCUT2D eigenvalue weighted by atomic mass is 9.90. The molecule has 1 N–H and O–H groups in total. The zero-order valence-corrected chi connectivity index (χ0v) is 12.7. The van der Waals surface area contributed by atoms with Crippen LogP contribution in [0.4, 0.5) is 0 Å². The number of fused-ring (bicyclic) bond motifs is 1. The van der Waals surface area contributed by atoms with E-state index >= 15 is 0 Å². The number of nitrogens with zero attached hydrogens (tertiary/aromatic N) is 2. The third-order valence-corrected chi connectivity index (χ3v) is 4.59. The van der Waals surface area contributed by atoms with Crippen molar-refractivity contribution in [3.05, 3.63) is 36.5 Å². The van der Waals surface area contributed by atoms with Crippen molar-refractivity contribution in [2.75, 3.05) is 13.1 Å². The van der Waals surface area contributed by atoms with E-state index < -0.39 is 11.4 Å². The Morgan fingerprint density at radius 3 is 2.77 bits per heavy atom. The number of aryl methyl sites for hydroxylation is 1. The third kappa shape index (κ3) is 2.58. The molecule has 116 valence electrons. The van der Waals surface area contributed by atoms with Crippen molar-refractivity contribution in [2.45, 2.75) is 26.3 Å². The zero-order chi connectivity index (χ0) is 15.7. The molecule has 2 heterocycles. The van der Waals surface area contributed by atoms with Crippen molar-refractivity contribution in [1.82, 2.24) is 9.47 Å². The average molecular weight is 300 g/mol. The molecule has 0 saturated carbocycles. The Hall–Kier alpha value is -2.30. The lowest BCUT2D eigenvalue weighted by Crippen LogP contribution is -2.35. The van der Waals surface area contributed by atoms with Crippen LogP contribution < -0.4 is 0 Å². The SMILES string of the molecule is CC1(C(=O)O)CCN(C(=O)CCn2ccc3ccccc32)C1. The third-order valence-electron chi connectivity index (χ3n) is 4.59. The van der Waals surface area contributed by atoms with E-state index in [2.05, 4.69) is 4.57 Å². The van der Waals surface area contributed by atoms with Gasteiger partial charge in [-0.25, -0.2) is 0 Å². The number of carbonyl (C=O) groups is 2. The standard InChI is InChI=1S/C17H20N2O3/c1-17(16(21)22)8-11-19(12-17)15(20)7-10-18-9-6-13-4-2-3-5-14(13)18/h2-6,9H,7-8,10-12H2,1H3,(H,21,22). The smallest absolute Gasteiger partial charge is 0.311 e. The van der Waals surface area contributed by atoms with E-state index in [0.29, 0.717) is 32.5 Å². The second-order valence-electron chi connectivity index (χ2n) is 6.25. The minimum Gasteiger partial charge on any atom is -0.481 e. The predicted molar refractivity (Wildman–Crippen MR) is 83.5 cm³/mol. The van der Waals surface area contributed by atoms with Crippen LogP contribution in [0, 0.1) is 5.41 Å². The maximum Gasteiger partial charge on any atom is 0.311 e. The fraction of sp³-hybridized carbons (Fsp3) is 0.412. The fourth-order valence-electron chi connectivity index (χ4n) is 3.06. The summed E-state index contributed by atoms with van der Waals surface area (Å²) >= 11 is 0. The molecule has 1 saturated heterocycles. The van der Waals surface area contributed by atoms with Gasteiger partial charge in [0.2, 0.25) is 5.91 Å². The first-order chi connectivity index (χ1) is 10.5. The first-order valence-electron chi connectivity index (χ1n) is 7.55. The van der Waals surface area contributed by atoms with Crippen LogP contribution in [0.5, 0.6) is 0 Å². The molecule has 1 atom stereocenters. The number of carboxylic acid groups (broad SMARTS) is 1. The molecule has 0 spiro atoms. The van der Waals surface area contributed by atoms with Crippen LogP contribution in [0.15, 0.2) is 36.5 Å². The fourth-order valence-corrected chi connectivity index (χ4v) is 3.06. The predicted octanol–water partition coefficient (Wildman–Crippen LogP) is 2.35. The summed E-state index contributed by atoms with van der Waals surface area (Å²) in [5, 5.41) is 10.4. The van der Waals surface area contributed by atoms with Gasteiger partial charge in [0.05, 0.1) is 5.41 Å². The van der Waals surface area contributed by atoms with E-state index in [1.807, 2.05) is 36.5 Å². The van der Waals surface area contributed by atoms with Crippen LogP contribution in [0.2, 0.25) is 0 Å². The van der Waals surface area contributed by atoms with Gasteiger partial charge >= 0.3 is 5.97 Å². The van der Waals surface area contributed by atoms with Crippen molar-refractivity contribution in [3.63, 3.8) is 0 Å². The van der Waals surface area contributed by atoms with Crippen molar-refractivity contribution < 1.29 is 14.7 Å². The Morgan fingerprint density at radius 2 is 2.05 bits per heavy atom. The monoisotopic (exact) mass is 300 g/mol. The summed E-state index contributed by atoms with van der Waals surface area (Å²) in [5.41, 5.74) is 0.322. The second kappa shape index (κ2) is 5.48. The molecule has 1 fully saturated rings. The molecule has 0 aliphatic carbocycles. The van der Waals surface area contributed by atoms with Gasteiger partial charge in [-0.05, 0) is 30.9 Å². The number of aliphatic carboxylic acids is 1. The Bertz CT molecular complexity index is 722. The summed E-state index contributed by atoms with van der Waals surface area (Å²) in [7, 11) is 0.